The molecule has 0 aromatic heterocycles. The summed E-state index contributed by atoms with van der Waals surface area (Å²) in [6.45, 7) is 4.54. The second kappa shape index (κ2) is 8.84. The van der Waals surface area contributed by atoms with E-state index < -0.39 is 0 Å². The summed E-state index contributed by atoms with van der Waals surface area (Å²) in [5.74, 6) is 0.234. The van der Waals surface area contributed by atoms with E-state index in [0.29, 0.717) is 6.04 Å². The molecule has 2 aliphatic heterocycles. The van der Waals surface area contributed by atoms with E-state index in [-0.39, 0.29) is 30.3 Å². The zero-order chi connectivity index (χ0) is 16.2. The number of hydrogen-bond acceptors (Lipinski definition) is 3. The Hall–Kier alpha value is -1.10. The van der Waals surface area contributed by atoms with E-state index in [9.17, 15) is 4.79 Å². The number of nitrogens with one attached hydrogen (secondary N) is 1. The zero-order valence-corrected chi connectivity index (χ0v) is 15.5. The highest BCUT2D eigenvalue weighted by atomic mass is 35.5. The maximum absolute atomic E-state index is 13.1. The van der Waals surface area contributed by atoms with E-state index in [1.54, 1.807) is 0 Å². The third-order valence-electron chi connectivity index (χ3n) is 5.19. The number of ether oxygens (including phenoxy) is 1. The molecule has 3 atom stereocenters. The quantitative estimate of drug-likeness (QED) is 0.908. The van der Waals surface area contributed by atoms with Crippen molar-refractivity contribution in [2.24, 2.45) is 5.92 Å². The van der Waals surface area contributed by atoms with Crippen molar-refractivity contribution in [3.05, 3.63) is 35.4 Å². The molecular formula is C19H29ClN2O2. The number of hydrogen-bond donors (Lipinski definition) is 1. The first kappa shape index (κ1) is 19.2. The predicted molar refractivity (Wildman–Crippen MR) is 98.5 cm³/mol. The fraction of sp³-hybridized carbons (Fsp3) is 0.632. The Morgan fingerprint density at radius 3 is 2.67 bits per heavy atom. The number of halogens is 1. The average molecular weight is 353 g/mol. The number of aryl methyl sites for hydroxylation is 1. The molecule has 0 radical (unpaired) electrons. The minimum Gasteiger partial charge on any atom is -0.373 e. The van der Waals surface area contributed by atoms with Crippen molar-refractivity contribution in [2.45, 2.75) is 44.8 Å². The molecule has 3 rings (SSSR count). The van der Waals surface area contributed by atoms with Crippen molar-refractivity contribution < 1.29 is 9.53 Å². The second-order valence-corrected chi connectivity index (χ2v) is 6.86. The third-order valence-corrected chi connectivity index (χ3v) is 5.19. The van der Waals surface area contributed by atoms with Gasteiger partial charge in [0.1, 0.15) is 0 Å². The van der Waals surface area contributed by atoms with Crippen molar-refractivity contribution >= 4 is 18.3 Å². The smallest absolute Gasteiger partial charge is 0.228 e. The molecule has 1 amide bonds. The van der Waals surface area contributed by atoms with Crippen LogP contribution in [0.5, 0.6) is 0 Å². The van der Waals surface area contributed by atoms with E-state index in [1.165, 1.54) is 5.56 Å². The fourth-order valence-corrected chi connectivity index (χ4v) is 3.77. The van der Waals surface area contributed by atoms with Gasteiger partial charge in [-0.15, -0.1) is 12.4 Å². The molecule has 0 saturated carbocycles. The number of likely N-dealkylation sites (N-methyl/N-ethyl adjacent to an activating group) is 1. The maximum Gasteiger partial charge on any atom is 0.228 e. The summed E-state index contributed by atoms with van der Waals surface area (Å²) >= 11 is 0. The number of piperidine rings is 1. The molecule has 1 aromatic rings. The molecule has 2 heterocycles. The van der Waals surface area contributed by atoms with Crippen molar-refractivity contribution in [1.82, 2.24) is 10.2 Å². The number of benzene rings is 1. The zero-order valence-electron chi connectivity index (χ0n) is 14.7. The minimum absolute atomic E-state index is 0. The van der Waals surface area contributed by atoms with Crippen LogP contribution in [0.1, 0.15) is 42.9 Å². The van der Waals surface area contributed by atoms with Crippen LogP contribution >= 0.6 is 12.4 Å². The predicted octanol–water partition coefficient (Wildman–Crippen LogP) is 3.09. The van der Waals surface area contributed by atoms with Crippen LogP contribution in [0.4, 0.5) is 0 Å². The lowest BCUT2D eigenvalue weighted by atomic mass is 9.87. The topological polar surface area (TPSA) is 41.6 Å². The lowest BCUT2D eigenvalue weighted by molar-refractivity contribution is -0.146. The second-order valence-electron chi connectivity index (χ2n) is 6.86. The van der Waals surface area contributed by atoms with Crippen molar-refractivity contribution in [3.8, 4) is 0 Å². The van der Waals surface area contributed by atoms with Gasteiger partial charge < -0.3 is 15.0 Å². The van der Waals surface area contributed by atoms with E-state index in [2.05, 4.69) is 36.5 Å². The molecule has 1 N–H and O–H groups in total. The number of rotatable bonds is 3. The summed E-state index contributed by atoms with van der Waals surface area (Å²) in [6, 6.07) is 8.85. The standard InChI is InChI=1S/C19H28N2O2.ClH/c1-14-7-9-15(10-8-14)18-17(6-4-12-23-18)19(22)21-11-3-5-16(13-21)20-2;/h7-10,16-18,20H,3-6,11-13H2,1-2H3;1H. The lowest BCUT2D eigenvalue weighted by Crippen LogP contribution is -2.50. The Morgan fingerprint density at radius 1 is 1.21 bits per heavy atom. The fourth-order valence-electron chi connectivity index (χ4n) is 3.77. The summed E-state index contributed by atoms with van der Waals surface area (Å²) in [6.07, 6.45) is 4.05. The van der Waals surface area contributed by atoms with Crippen LogP contribution in [0, 0.1) is 12.8 Å². The van der Waals surface area contributed by atoms with Crippen LogP contribution in [0.25, 0.3) is 0 Å². The molecule has 5 heteroatoms. The van der Waals surface area contributed by atoms with Crippen LogP contribution in [0.3, 0.4) is 0 Å². The SMILES string of the molecule is CNC1CCCN(C(=O)C2CCCOC2c2ccc(C)cc2)C1.Cl. The summed E-state index contributed by atoms with van der Waals surface area (Å²) in [5, 5.41) is 3.32. The van der Waals surface area contributed by atoms with Crippen LogP contribution in [-0.4, -0.2) is 43.6 Å². The summed E-state index contributed by atoms with van der Waals surface area (Å²) in [7, 11) is 1.98. The highest BCUT2D eigenvalue weighted by molar-refractivity contribution is 5.85. The van der Waals surface area contributed by atoms with Gasteiger partial charge in [-0.05, 0) is 45.2 Å². The molecule has 134 valence electrons. The molecule has 0 aliphatic carbocycles. The lowest BCUT2D eigenvalue weighted by Gasteiger charge is -2.38. The molecular weight excluding hydrogens is 324 g/mol. The molecule has 1 aromatic carbocycles. The van der Waals surface area contributed by atoms with Gasteiger partial charge in [0.05, 0.1) is 12.0 Å². The number of carbonyl (C=O) groups is 1. The largest absolute Gasteiger partial charge is 0.373 e. The van der Waals surface area contributed by atoms with Crippen LogP contribution in [0.2, 0.25) is 0 Å². The first-order chi connectivity index (χ1) is 11.2. The van der Waals surface area contributed by atoms with E-state index in [1.807, 2.05) is 11.9 Å². The molecule has 0 spiro atoms. The molecule has 4 nitrogen and oxygen atoms in total. The van der Waals surface area contributed by atoms with Gasteiger partial charge in [0.25, 0.3) is 0 Å². The third kappa shape index (κ3) is 4.29. The first-order valence-electron chi connectivity index (χ1n) is 8.83. The van der Waals surface area contributed by atoms with Gasteiger partial charge in [-0.1, -0.05) is 29.8 Å². The molecule has 2 saturated heterocycles. The molecule has 3 unspecified atom stereocenters. The molecule has 24 heavy (non-hydrogen) atoms. The normalized spacial score (nSPS) is 27.4. The molecule has 0 bridgehead atoms. The van der Waals surface area contributed by atoms with E-state index >= 15 is 0 Å². The Morgan fingerprint density at radius 2 is 1.96 bits per heavy atom. The Labute approximate surface area is 151 Å². The maximum atomic E-state index is 13.1. The number of carbonyl (C=O) groups excluding carboxylic acids is 1. The molecule has 2 aliphatic rings. The van der Waals surface area contributed by atoms with Crippen LogP contribution < -0.4 is 5.32 Å². The van der Waals surface area contributed by atoms with Crippen molar-refractivity contribution in [2.75, 3.05) is 26.7 Å². The highest BCUT2D eigenvalue weighted by Crippen LogP contribution is 2.35. The van der Waals surface area contributed by atoms with Crippen LogP contribution in [0.15, 0.2) is 24.3 Å². The van der Waals surface area contributed by atoms with Gasteiger partial charge in [-0.25, -0.2) is 0 Å². The van der Waals surface area contributed by atoms with Crippen molar-refractivity contribution in [1.29, 1.82) is 0 Å². The summed E-state index contributed by atoms with van der Waals surface area (Å²) < 4.78 is 6.02. The summed E-state index contributed by atoms with van der Waals surface area (Å²) in [5.41, 5.74) is 2.37. The monoisotopic (exact) mass is 352 g/mol. The Balaban J connectivity index is 0.00000208. The number of likely N-dealkylation sites (tertiary alicyclic amines) is 1. The van der Waals surface area contributed by atoms with Gasteiger partial charge >= 0.3 is 0 Å². The van der Waals surface area contributed by atoms with Gasteiger partial charge in [0.2, 0.25) is 5.91 Å². The first-order valence-corrected chi connectivity index (χ1v) is 8.83. The van der Waals surface area contributed by atoms with E-state index in [4.69, 9.17) is 4.74 Å². The van der Waals surface area contributed by atoms with Gasteiger partial charge in [0, 0.05) is 25.7 Å². The highest BCUT2D eigenvalue weighted by Gasteiger charge is 2.36. The minimum atomic E-state index is -0.0909. The number of amides is 1. The van der Waals surface area contributed by atoms with E-state index in [0.717, 1.165) is 50.9 Å². The Bertz CT molecular complexity index is 535. The number of nitrogens with zero attached hydrogens (tertiary/aromatic N) is 1. The summed E-state index contributed by atoms with van der Waals surface area (Å²) in [4.78, 5) is 15.1. The van der Waals surface area contributed by atoms with Crippen LogP contribution in [-0.2, 0) is 9.53 Å². The van der Waals surface area contributed by atoms with Crippen molar-refractivity contribution in [3.63, 3.8) is 0 Å². The van der Waals surface area contributed by atoms with Gasteiger partial charge in [-0.2, -0.15) is 0 Å². The van der Waals surface area contributed by atoms with Gasteiger partial charge in [0.15, 0.2) is 0 Å². The van der Waals surface area contributed by atoms with Gasteiger partial charge in [-0.3, -0.25) is 4.79 Å². The Kier molecular flexibility index (Phi) is 7.08. The molecule has 2 fully saturated rings. The average Bonchev–Trinajstić information content (AvgIpc) is 2.62.